The number of aliphatic hydroxyl groups is 1. The minimum atomic E-state index is -0.600. The zero-order valence-corrected chi connectivity index (χ0v) is 11.4. The van der Waals surface area contributed by atoms with Crippen molar-refractivity contribution in [3.63, 3.8) is 0 Å². The fourth-order valence-electron chi connectivity index (χ4n) is 1.74. The second kappa shape index (κ2) is 6.73. The Kier molecular flexibility index (Phi) is 4.75. The maximum absolute atomic E-state index is 13.7. The molecule has 2 N–H and O–H groups in total. The molecule has 1 aromatic heterocycles. The van der Waals surface area contributed by atoms with Crippen molar-refractivity contribution in [3.8, 4) is 11.8 Å². The van der Waals surface area contributed by atoms with Gasteiger partial charge in [0.2, 0.25) is 0 Å². The number of hydrogen-bond donors (Lipinski definition) is 2. The summed E-state index contributed by atoms with van der Waals surface area (Å²) < 4.78 is 19.0. The van der Waals surface area contributed by atoms with Crippen LogP contribution in [0.2, 0.25) is 0 Å². The SMILES string of the molecule is Cc1ccc(CNC(=O)c2ccc(C#CCO)c(F)c2)o1. The zero-order valence-electron chi connectivity index (χ0n) is 11.4. The molecule has 1 amide bonds. The zero-order chi connectivity index (χ0) is 15.2. The van der Waals surface area contributed by atoms with Gasteiger partial charge in [-0.05, 0) is 37.3 Å². The molecule has 21 heavy (non-hydrogen) atoms. The van der Waals surface area contributed by atoms with Crippen molar-refractivity contribution in [2.45, 2.75) is 13.5 Å². The van der Waals surface area contributed by atoms with E-state index in [2.05, 4.69) is 17.2 Å². The third kappa shape index (κ3) is 3.94. The van der Waals surface area contributed by atoms with Gasteiger partial charge in [-0.15, -0.1) is 0 Å². The molecular weight excluding hydrogens is 273 g/mol. The largest absolute Gasteiger partial charge is 0.465 e. The van der Waals surface area contributed by atoms with Crippen LogP contribution in [0.3, 0.4) is 0 Å². The lowest BCUT2D eigenvalue weighted by Gasteiger charge is -2.04. The molecule has 108 valence electrons. The number of aliphatic hydroxyl groups excluding tert-OH is 1. The molecule has 0 spiro atoms. The van der Waals surface area contributed by atoms with Gasteiger partial charge in [0.25, 0.3) is 5.91 Å². The fourth-order valence-corrected chi connectivity index (χ4v) is 1.74. The highest BCUT2D eigenvalue weighted by Crippen LogP contribution is 2.10. The van der Waals surface area contributed by atoms with E-state index in [4.69, 9.17) is 9.52 Å². The Hall–Kier alpha value is -2.58. The van der Waals surface area contributed by atoms with Gasteiger partial charge in [0, 0.05) is 5.56 Å². The first-order chi connectivity index (χ1) is 10.1. The van der Waals surface area contributed by atoms with E-state index in [0.717, 1.165) is 11.8 Å². The van der Waals surface area contributed by atoms with Crippen LogP contribution in [-0.2, 0) is 6.54 Å². The van der Waals surface area contributed by atoms with Gasteiger partial charge in [0.05, 0.1) is 12.1 Å². The number of carbonyl (C=O) groups is 1. The van der Waals surface area contributed by atoms with Crippen molar-refractivity contribution >= 4 is 5.91 Å². The molecule has 1 heterocycles. The lowest BCUT2D eigenvalue weighted by Crippen LogP contribution is -2.22. The van der Waals surface area contributed by atoms with E-state index in [1.807, 2.05) is 6.92 Å². The molecule has 2 aromatic rings. The highest BCUT2D eigenvalue weighted by Gasteiger charge is 2.09. The van der Waals surface area contributed by atoms with Gasteiger partial charge in [-0.3, -0.25) is 4.79 Å². The Morgan fingerprint density at radius 3 is 2.81 bits per heavy atom. The lowest BCUT2D eigenvalue weighted by molar-refractivity contribution is 0.0947. The molecule has 0 atom stereocenters. The molecule has 1 aromatic carbocycles. The normalized spacial score (nSPS) is 9.86. The van der Waals surface area contributed by atoms with Gasteiger partial charge >= 0.3 is 0 Å². The summed E-state index contributed by atoms with van der Waals surface area (Å²) in [5.74, 6) is 5.22. The first-order valence-corrected chi connectivity index (χ1v) is 6.33. The van der Waals surface area contributed by atoms with E-state index in [-0.39, 0.29) is 24.3 Å². The number of carbonyl (C=O) groups excluding carboxylic acids is 1. The van der Waals surface area contributed by atoms with Crippen LogP contribution in [0.15, 0.2) is 34.7 Å². The van der Waals surface area contributed by atoms with Gasteiger partial charge < -0.3 is 14.8 Å². The van der Waals surface area contributed by atoms with E-state index < -0.39 is 11.7 Å². The van der Waals surface area contributed by atoms with Gasteiger partial charge in [0.1, 0.15) is 23.9 Å². The summed E-state index contributed by atoms with van der Waals surface area (Å²) in [4.78, 5) is 11.9. The van der Waals surface area contributed by atoms with Crippen LogP contribution in [0.1, 0.15) is 27.4 Å². The first kappa shape index (κ1) is 14.8. The number of rotatable bonds is 3. The molecule has 0 aliphatic heterocycles. The number of benzene rings is 1. The number of amides is 1. The standard InChI is InChI=1S/C16H14FNO3/c1-11-4-7-14(21-11)10-18-16(20)13-6-5-12(3-2-8-19)15(17)9-13/h4-7,9,19H,8,10H2,1H3,(H,18,20). The molecule has 4 nitrogen and oxygen atoms in total. The Labute approximate surface area is 121 Å². The number of hydrogen-bond acceptors (Lipinski definition) is 3. The minimum absolute atomic E-state index is 0.141. The summed E-state index contributed by atoms with van der Waals surface area (Å²) in [5, 5.41) is 11.2. The molecule has 0 aliphatic carbocycles. The van der Waals surface area contributed by atoms with Crippen molar-refractivity contribution in [2.75, 3.05) is 6.61 Å². The summed E-state index contributed by atoms with van der Waals surface area (Å²) >= 11 is 0. The number of aryl methyl sites for hydroxylation is 1. The quantitative estimate of drug-likeness (QED) is 0.849. The third-order valence-corrected chi connectivity index (χ3v) is 2.75. The Morgan fingerprint density at radius 1 is 1.38 bits per heavy atom. The summed E-state index contributed by atoms with van der Waals surface area (Å²) in [6.45, 7) is 1.71. The van der Waals surface area contributed by atoms with Crippen LogP contribution in [0.4, 0.5) is 4.39 Å². The minimum Gasteiger partial charge on any atom is -0.465 e. The first-order valence-electron chi connectivity index (χ1n) is 6.33. The smallest absolute Gasteiger partial charge is 0.251 e. The van der Waals surface area contributed by atoms with E-state index in [9.17, 15) is 9.18 Å². The molecule has 0 radical (unpaired) electrons. The van der Waals surface area contributed by atoms with Gasteiger partial charge in [-0.2, -0.15) is 0 Å². The average molecular weight is 287 g/mol. The fraction of sp³-hybridized carbons (Fsp3) is 0.188. The number of furan rings is 1. The summed E-state index contributed by atoms with van der Waals surface area (Å²) in [6, 6.07) is 7.57. The maximum Gasteiger partial charge on any atom is 0.251 e. The second-order valence-electron chi connectivity index (χ2n) is 4.35. The summed E-state index contributed by atoms with van der Waals surface area (Å²) in [7, 11) is 0. The predicted octanol–water partition coefficient (Wildman–Crippen LogP) is 2.00. The highest BCUT2D eigenvalue weighted by molar-refractivity contribution is 5.94. The Balaban J connectivity index is 2.04. The van der Waals surface area contributed by atoms with E-state index in [1.54, 1.807) is 12.1 Å². The molecule has 0 unspecified atom stereocenters. The van der Waals surface area contributed by atoms with Crippen LogP contribution in [0.25, 0.3) is 0 Å². The molecule has 2 rings (SSSR count). The van der Waals surface area contributed by atoms with Crippen LogP contribution in [-0.4, -0.2) is 17.6 Å². The number of nitrogens with one attached hydrogen (secondary N) is 1. The van der Waals surface area contributed by atoms with Crippen LogP contribution in [0.5, 0.6) is 0 Å². The van der Waals surface area contributed by atoms with Crippen molar-refractivity contribution in [2.24, 2.45) is 0 Å². The molecule has 0 saturated carbocycles. The van der Waals surface area contributed by atoms with Gasteiger partial charge in [0.15, 0.2) is 0 Å². The molecule has 0 saturated heterocycles. The second-order valence-corrected chi connectivity index (χ2v) is 4.35. The average Bonchev–Trinajstić information content (AvgIpc) is 2.89. The molecule has 5 heteroatoms. The predicted molar refractivity (Wildman–Crippen MR) is 75.0 cm³/mol. The van der Waals surface area contributed by atoms with E-state index >= 15 is 0 Å². The maximum atomic E-state index is 13.7. The highest BCUT2D eigenvalue weighted by atomic mass is 19.1. The topological polar surface area (TPSA) is 62.5 Å². The van der Waals surface area contributed by atoms with E-state index in [1.165, 1.54) is 12.1 Å². The van der Waals surface area contributed by atoms with Gasteiger partial charge in [-0.1, -0.05) is 11.8 Å². The molecule has 0 bridgehead atoms. The Morgan fingerprint density at radius 2 is 2.19 bits per heavy atom. The van der Waals surface area contributed by atoms with Gasteiger partial charge in [-0.25, -0.2) is 4.39 Å². The molecule has 0 aliphatic rings. The summed E-state index contributed by atoms with van der Waals surface area (Å²) in [6.07, 6.45) is 0. The van der Waals surface area contributed by atoms with Crippen LogP contribution >= 0.6 is 0 Å². The molecular formula is C16H14FNO3. The van der Waals surface area contributed by atoms with Crippen molar-refractivity contribution in [1.82, 2.24) is 5.32 Å². The van der Waals surface area contributed by atoms with Crippen molar-refractivity contribution < 1.29 is 18.7 Å². The van der Waals surface area contributed by atoms with Crippen LogP contribution < -0.4 is 5.32 Å². The lowest BCUT2D eigenvalue weighted by atomic mass is 10.1. The van der Waals surface area contributed by atoms with E-state index in [0.29, 0.717) is 5.76 Å². The van der Waals surface area contributed by atoms with Crippen molar-refractivity contribution in [1.29, 1.82) is 0 Å². The summed E-state index contributed by atoms with van der Waals surface area (Å²) in [5.41, 5.74) is 0.340. The number of halogens is 1. The monoisotopic (exact) mass is 287 g/mol. The van der Waals surface area contributed by atoms with Crippen LogP contribution in [0, 0.1) is 24.6 Å². The molecule has 0 fully saturated rings. The van der Waals surface area contributed by atoms with Crippen molar-refractivity contribution in [3.05, 3.63) is 58.8 Å². The Bertz CT molecular complexity index is 710. The third-order valence-electron chi connectivity index (χ3n) is 2.75.